The Labute approximate surface area is 122 Å². The fourth-order valence-corrected chi connectivity index (χ4v) is 4.72. The van der Waals surface area contributed by atoms with Gasteiger partial charge in [0.2, 0.25) is 0 Å². The normalized spacial score (nSPS) is 26.8. The topological polar surface area (TPSA) is 24.9 Å². The number of thiazole rings is 1. The minimum atomic E-state index is 0.0812. The standard InChI is InChI=1S/C16H28N2S/c1-6-17-16(10-8-7-9-15(16,4)5)14-18-13(11-19-14)12(2)3/h11-12,17H,6-10H2,1-5H3. The van der Waals surface area contributed by atoms with Crippen molar-refractivity contribution in [3.63, 3.8) is 0 Å². The van der Waals surface area contributed by atoms with Crippen molar-refractivity contribution in [3.8, 4) is 0 Å². The zero-order valence-electron chi connectivity index (χ0n) is 13.0. The quantitative estimate of drug-likeness (QED) is 0.867. The molecule has 19 heavy (non-hydrogen) atoms. The van der Waals surface area contributed by atoms with Crippen molar-refractivity contribution in [1.29, 1.82) is 0 Å². The average molecular weight is 280 g/mol. The molecular formula is C16H28N2S. The second kappa shape index (κ2) is 5.53. The average Bonchev–Trinajstić information content (AvgIpc) is 2.82. The Kier molecular flexibility index (Phi) is 4.36. The van der Waals surface area contributed by atoms with Gasteiger partial charge in [0.1, 0.15) is 5.01 Å². The molecule has 0 aliphatic heterocycles. The first-order chi connectivity index (χ1) is 8.93. The molecule has 0 spiro atoms. The van der Waals surface area contributed by atoms with Crippen LogP contribution in [0.1, 0.15) is 76.9 Å². The number of hydrogen-bond acceptors (Lipinski definition) is 3. The fourth-order valence-electron chi connectivity index (χ4n) is 3.36. The summed E-state index contributed by atoms with van der Waals surface area (Å²) in [4.78, 5) is 4.98. The first-order valence-electron chi connectivity index (χ1n) is 7.64. The molecule has 3 heteroatoms. The van der Waals surface area contributed by atoms with E-state index in [4.69, 9.17) is 4.98 Å². The van der Waals surface area contributed by atoms with Gasteiger partial charge in [-0.25, -0.2) is 4.98 Å². The summed E-state index contributed by atoms with van der Waals surface area (Å²) in [6.45, 7) is 12.5. The van der Waals surface area contributed by atoms with E-state index in [0.717, 1.165) is 6.54 Å². The third-order valence-electron chi connectivity index (χ3n) is 4.72. The van der Waals surface area contributed by atoms with Crippen LogP contribution in [0.25, 0.3) is 0 Å². The van der Waals surface area contributed by atoms with Gasteiger partial charge in [-0.2, -0.15) is 0 Å². The van der Waals surface area contributed by atoms with Crippen LogP contribution in [0, 0.1) is 5.41 Å². The van der Waals surface area contributed by atoms with Crippen molar-refractivity contribution >= 4 is 11.3 Å². The molecule has 1 atom stereocenters. The summed E-state index contributed by atoms with van der Waals surface area (Å²) in [5, 5.41) is 7.37. The summed E-state index contributed by atoms with van der Waals surface area (Å²) in [5.74, 6) is 0.523. The summed E-state index contributed by atoms with van der Waals surface area (Å²) in [5.41, 5.74) is 1.61. The zero-order chi connectivity index (χ0) is 14.1. The molecule has 1 N–H and O–H groups in total. The van der Waals surface area contributed by atoms with Crippen LogP contribution < -0.4 is 5.32 Å². The van der Waals surface area contributed by atoms with Crippen LogP contribution in [-0.4, -0.2) is 11.5 Å². The zero-order valence-corrected chi connectivity index (χ0v) is 13.9. The maximum absolute atomic E-state index is 4.98. The van der Waals surface area contributed by atoms with Crippen molar-refractivity contribution in [2.45, 2.75) is 71.8 Å². The van der Waals surface area contributed by atoms with Crippen molar-refractivity contribution in [2.75, 3.05) is 6.54 Å². The van der Waals surface area contributed by atoms with Crippen LogP contribution in [0.4, 0.5) is 0 Å². The van der Waals surface area contributed by atoms with Gasteiger partial charge in [0, 0.05) is 5.38 Å². The third-order valence-corrected chi connectivity index (χ3v) is 5.74. The van der Waals surface area contributed by atoms with Crippen LogP contribution in [0.2, 0.25) is 0 Å². The van der Waals surface area contributed by atoms with Gasteiger partial charge in [-0.05, 0) is 30.7 Å². The monoisotopic (exact) mass is 280 g/mol. The molecule has 0 saturated heterocycles. The van der Waals surface area contributed by atoms with Crippen LogP contribution in [0.15, 0.2) is 5.38 Å². The highest BCUT2D eigenvalue weighted by Crippen LogP contribution is 2.51. The second-order valence-corrected chi connectivity index (χ2v) is 7.62. The van der Waals surface area contributed by atoms with E-state index in [1.165, 1.54) is 36.4 Å². The molecule has 0 amide bonds. The molecule has 1 fully saturated rings. The van der Waals surface area contributed by atoms with E-state index < -0.39 is 0 Å². The molecule has 1 aromatic rings. The molecule has 0 aromatic carbocycles. The van der Waals surface area contributed by atoms with E-state index in [2.05, 4.69) is 45.3 Å². The number of hydrogen-bond donors (Lipinski definition) is 1. The van der Waals surface area contributed by atoms with E-state index in [1.807, 2.05) is 11.3 Å². The summed E-state index contributed by atoms with van der Waals surface area (Å²) >= 11 is 1.85. The molecule has 2 rings (SSSR count). The lowest BCUT2D eigenvalue weighted by atomic mass is 9.63. The number of nitrogens with one attached hydrogen (secondary N) is 1. The first-order valence-corrected chi connectivity index (χ1v) is 8.52. The fraction of sp³-hybridized carbons (Fsp3) is 0.812. The Balaban J connectivity index is 2.42. The number of nitrogens with zero attached hydrogens (tertiary/aromatic N) is 1. The van der Waals surface area contributed by atoms with Gasteiger partial charge in [-0.15, -0.1) is 11.3 Å². The lowest BCUT2D eigenvalue weighted by molar-refractivity contribution is 0.0606. The molecule has 1 unspecified atom stereocenters. The van der Waals surface area contributed by atoms with Crippen LogP contribution in [0.5, 0.6) is 0 Å². The smallest absolute Gasteiger partial charge is 0.114 e. The predicted octanol–water partition coefficient (Wildman–Crippen LogP) is 4.67. The predicted molar refractivity (Wildman–Crippen MR) is 83.8 cm³/mol. The van der Waals surface area contributed by atoms with Crippen LogP contribution in [-0.2, 0) is 5.54 Å². The van der Waals surface area contributed by atoms with Crippen LogP contribution in [0.3, 0.4) is 0 Å². The highest BCUT2D eigenvalue weighted by atomic mass is 32.1. The summed E-state index contributed by atoms with van der Waals surface area (Å²) in [6.07, 6.45) is 5.17. The maximum Gasteiger partial charge on any atom is 0.114 e. The van der Waals surface area contributed by atoms with Crippen LogP contribution >= 0.6 is 11.3 Å². The van der Waals surface area contributed by atoms with Gasteiger partial charge in [-0.1, -0.05) is 47.5 Å². The van der Waals surface area contributed by atoms with E-state index in [0.29, 0.717) is 5.92 Å². The third kappa shape index (κ3) is 2.59. The summed E-state index contributed by atoms with van der Waals surface area (Å²) < 4.78 is 0. The Morgan fingerprint density at radius 2 is 2.00 bits per heavy atom. The Morgan fingerprint density at radius 3 is 2.53 bits per heavy atom. The van der Waals surface area contributed by atoms with E-state index in [9.17, 15) is 0 Å². The molecule has 1 aromatic heterocycles. The molecule has 1 saturated carbocycles. The Morgan fingerprint density at radius 1 is 1.32 bits per heavy atom. The number of rotatable bonds is 4. The van der Waals surface area contributed by atoms with E-state index >= 15 is 0 Å². The van der Waals surface area contributed by atoms with Gasteiger partial charge in [0.05, 0.1) is 11.2 Å². The van der Waals surface area contributed by atoms with Gasteiger partial charge >= 0.3 is 0 Å². The van der Waals surface area contributed by atoms with Gasteiger partial charge < -0.3 is 5.32 Å². The number of aromatic nitrogens is 1. The summed E-state index contributed by atoms with van der Waals surface area (Å²) in [6, 6.07) is 0. The Bertz CT molecular complexity index is 418. The van der Waals surface area contributed by atoms with Gasteiger partial charge in [0.15, 0.2) is 0 Å². The molecule has 1 heterocycles. The summed E-state index contributed by atoms with van der Waals surface area (Å²) in [7, 11) is 0. The SMILES string of the molecule is CCNC1(c2nc(C(C)C)cs2)CCCCC1(C)C. The Hall–Kier alpha value is -0.410. The lowest BCUT2D eigenvalue weighted by Gasteiger charge is -2.49. The van der Waals surface area contributed by atoms with E-state index in [-0.39, 0.29) is 11.0 Å². The van der Waals surface area contributed by atoms with E-state index in [1.54, 1.807) is 0 Å². The molecule has 2 nitrogen and oxygen atoms in total. The second-order valence-electron chi connectivity index (χ2n) is 6.76. The van der Waals surface area contributed by atoms with Crippen molar-refractivity contribution in [1.82, 2.24) is 10.3 Å². The molecule has 0 bridgehead atoms. The first kappa shape index (κ1) is 15.0. The molecule has 0 radical (unpaired) electrons. The highest BCUT2D eigenvalue weighted by molar-refractivity contribution is 7.09. The lowest BCUT2D eigenvalue weighted by Crippen LogP contribution is -2.55. The minimum Gasteiger partial charge on any atom is -0.305 e. The molecule has 1 aliphatic carbocycles. The van der Waals surface area contributed by atoms with Crippen molar-refractivity contribution in [2.24, 2.45) is 5.41 Å². The van der Waals surface area contributed by atoms with Crippen molar-refractivity contribution < 1.29 is 0 Å². The van der Waals surface area contributed by atoms with Crippen molar-refractivity contribution in [3.05, 3.63) is 16.1 Å². The highest BCUT2D eigenvalue weighted by Gasteiger charge is 2.49. The largest absolute Gasteiger partial charge is 0.305 e. The molecule has 1 aliphatic rings. The van der Waals surface area contributed by atoms with Gasteiger partial charge in [0.25, 0.3) is 0 Å². The van der Waals surface area contributed by atoms with Gasteiger partial charge in [-0.3, -0.25) is 0 Å². The molecular weight excluding hydrogens is 252 g/mol. The minimum absolute atomic E-state index is 0.0812. The molecule has 108 valence electrons. The maximum atomic E-state index is 4.98.